The maximum Gasteiger partial charge on any atom is 0.337 e. The molecular weight excluding hydrogens is 426 g/mol. The minimum absolute atomic E-state index is 0.0810. The van der Waals surface area contributed by atoms with Crippen molar-refractivity contribution in [2.45, 2.75) is 71.3 Å². The van der Waals surface area contributed by atoms with E-state index >= 15 is 0 Å². The number of aryl methyl sites for hydroxylation is 1. The number of allylic oxidation sites excluding steroid dienone is 3. The smallest absolute Gasteiger partial charge is 0.337 e. The van der Waals surface area contributed by atoms with E-state index in [4.69, 9.17) is 9.47 Å². The molecule has 172 valence electrons. The summed E-state index contributed by atoms with van der Waals surface area (Å²) < 4.78 is 10.9. The standard InChI is InChI=1S/C25H31NO5S/c1-13-12-17-21(23(27)19(13)24(28)30-4)22(18-11-10-14(2)32-18)20(15(3)26-17)25(29)31-16-8-6-5-7-9-16/h10-11,13,16,19,22,26H,5-9,12H2,1-4H3/t13-,19+,22-/m1/s1. The van der Waals surface area contributed by atoms with Crippen molar-refractivity contribution < 1.29 is 23.9 Å². The van der Waals surface area contributed by atoms with E-state index in [1.165, 1.54) is 13.5 Å². The fourth-order valence-electron chi connectivity index (χ4n) is 5.24. The predicted octanol–water partition coefficient (Wildman–Crippen LogP) is 4.55. The van der Waals surface area contributed by atoms with Gasteiger partial charge in [0.15, 0.2) is 5.78 Å². The molecule has 0 radical (unpaired) electrons. The Bertz CT molecular complexity index is 998. The van der Waals surface area contributed by atoms with Crippen molar-refractivity contribution in [1.82, 2.24) is 5.32 Å². The van der Waals surface area contributed by atoms with Gasteiger partial charge in [0, 0.05) is 26.7 Å². The largest absolute Gasteiger partial charge is 0.468 e. The van der Waals surface area contributed by atoms with Gasteiger partial charge in [0.25, 0.3) is 0 Å². The van der Waals surface area contributed by atoms with Crippen molar-refractivity contribution in [2.75, 3.05) is 7.11 Å². The SMILES string of the molecule is COC(=O)[C@@H]1C(=O)C2=C(C[C@H]1C)NC(C)=C(C(=O)OC1CCCCC1)[C@H]2c1ccc(C)s1. The summed E-state index contributed by atoms with van der Waals surface area (Å²) in [7, 11) is 1.31. The van der Waals surface area contributed by atoms with E-state index in [9.17, 15) is 14.4 Å². The number of rotatable bonds is 4. The second kappa shape index (κ2) is 9.22. The zero-order valence-electron chi connectivity index (χ0n) is 19.2. The van der Waals surface area contributed by atoms with Crippen LogP contribution in [-0.2, 0) is 23.9 Å². The molecule has 3 atom stereocenters. The highest BCUT2D eigenvalue weighted by atomic mass is 32.1. The van der Waals surface area contributed by atoms with Gasteiger partial charge in [-0.05, 0) is 64.0 Å². The zero-order chi connectivity index (χ0) is 23.0. The van der Waals surface area contributed by atoms with Crippen molar-refractivity contribution >= 4 is 29.1 Å². The van der Waals surface area contributed by atoms with Gasteiger partial charge < -0.3 is 14.8 Å². The van der Waals surface area contributed by atoms with E-state index in [0.29, 0.717) is 17.6 Å². The van der Waals surface area contributed by atoms with Crippen LogP contribution in [0.2, 0.25) is 0 Å². The lowest BCUT2D eigenvalue weighted by Gasteiger charge is -2.38. The number of esters is 2. The van der Waals surface area contributed by atoms with E-state index in [1.54, 1.807) is 11.3 Å². The molecule has 0 unspecified atom stereocenters. The van der Waals surface area contributed by atoms with Crippen molar-refractivity contribution in [3.63, 3.8) is 0 Å². The van der Waals surface area contributed by atoms with Gasteiger partial charge in [-0.2, -0.15) is 0 Å². The average molecular weight is 458 g/mol. The van der Waals surface area contributed by atoms with Crippen LogP contribution in [0.4, 0.5) is 0 Å². The molecule has 1 fully saturated rings. The first-order chi connectivity index (χ1) is 15.3. The molecule has 32 heavy (non-hydrogen) atoms. The fourth-order valence-corrected chi connectivity index (χ4v) is 6.24. The number of dihydropyridines is 1. The van der Waals surface area contributed by atoms with Crippen molar-refractivity contribution in [3.05, 3.63) is 44.4 Å². The summed E-state index contributed by atoms with van der Waals surface area (Å²) in [6, 6.07) is 3.97. The Morgan fingerprint density at radius 1 is 1.12 bits per heavy atom. The van der Waals surface area contributed by atoms with Gasteiger partial charge in [0.05, 0.1) is 18.6 Å². The zero-order valence-corrected chi connectivity index (χ0v) is 20.0. The summed E-state index contributed by atoms with van der Waals surface area (Å²) in [6.07, 6.45) is 5.52. The summed E-state index contributed by atoms with van der Waals surface area (Å²) in [6.45, 7) is 5.76. The molecule has 1 aromatic heterocycles. The highest BCUT2D eigenvalue weighted by Crippen LogP contribution is 2.47. The maximum absolute atomic E-state index is 13.7. The van der Waals surface area contributed by atoms with Crippen LogP contribution in [-0.4, -0.2) is 30.9 Å². The first-order valence-electron chi connectivity index (χ1n) is 11.4. The molecule has 4 rings (SSSR count). The normalized spacial score (nSPS) is 26.5. The van der Waals surface area contributed by atoms with Gasteiger partial charge in [0.1, 0.15) is 12.0 Å². The van der Waals surface area contributed by atoms with Crippen molar-refractivity contribution in [3.8, 4) is 0 Å². The van der Waals surface area contributed by atoms with Crippen LogP contribution in [0.5, 0.6) is 0 Å². The second-order valence-corrected chi connectivity index (χ2v) is 10.5. The molecule has 3 aliphatic rings. The quantitative estimate of drug-likeness (QED) is 0.528. The number of Topliss-reactive ketones (excluding diaryl/α,β-unsaturated/α-hetero) is 1. The van der Waals surface area contributed by atoms with Crippen LogP contribution in [0.25, 0.3) is 0 Å². The number of hydrogen-bond acceptors (Lipinski definition) is 7. The predicted molar refractivity (Wildman–Crippen MR) is 122 cm³/mol. The van der Waals surface area contributed by atoms with Crippen LogP contribution >= 0.6 is 11.3 Å². The molecule has 2 heterocycles. The Hall–Kier alpha value is -2.41. The number of carbonyl (C=O) groups excluding carboxylic acids is 3. The topological polar surface area (TPSA) is 81.7 Å². The van der Waals surface area contributed by atoms with E-state index in [0.717, 1.165) is 46.8 Å². The van der Waals surface area contributed by atoms with Gasteiger partial charge in [0.2, 0.25) is 0 Å². The molecule has 0 saturated heterocycles. The highest BCUT2D eigenvalue weighted by molar-refractivity contribution is 7.12. The lowest BCUT2D eigenvalue weighted by atomic mass is 9.70. The van der Waals surface area contributed by atoms with Gasteiger partial charge in [-0.25, -0.2) is 4.79 Å². The number of ether oxygens (including phenoxy) is 2. The Labute approximate surface area is 193 Å². The molecule has 0 amide bonds. The summed E-state index contributed by atoms with van der Waals surface area (Å²) >= 11 is 1.57. The number of carbonyl (C=O) groups is 3. The van der Waals surface area contributed by atoms with Crippen LogP contribution in [0.15, 0.2) is 34.7 Å². The van der Waals surface area contributed by atoms with Gasteiger partial charge >= 0.3 is 11.9 Å². The Kier molecular flexibility index (Phi) is 6.56. The number of ketones is 1. The third kappa shape index (κ3) is 4.15. The molecule has 0 bridgehead atoms. The lowest BCUT2D eigenvalue weighted by molar-refractivity contribution is -0.151. The van der Waals surface area contributed by atoms with Crippen LogP contribution < -0.4 is 5.32 Å². The lowest BCUT2D eigenvalue weighted by Crippen LogP contribution is -2.43. The van der Waals surface area contributed by atoms with Gasteiger partial charge in [-0.3, -0.25) is 9.59 Å². The summed E-state index contributed by atoms with van der Waals surface area (Å²) in [4.78, 5) is 41.6. The molecule has 1 saturated carbocycles. The fraction of sp³-hybridized carbons (Fsp3) is 0.560. The minimum atomic E-state index is -0.863. The molecule has 0 aromatic carbocycles. The Morgan fingerprint density at radius 2 is 1.84 bits per heavy atom. The van der Waals surface area contributed by atoms with Gasteiger partial charge in [-0.1, -0.05) is 13.3 Å². The minimum Gasteiger partial charge on any atom is -0.468 e. The summed E-state index contributed by atoms with van der Waals surface area (Å²) in [5.74, 6) is -2.73. The molecule has 2 aliphatic carbocycles. The Balaban J connectivity index is 1.75. The van der Waals surface area contributed by atoms with Crippen LogP contribution in [0, 0.1) is 18.8 Å². The first kappa shape index (κ1) is 22.8. The number of methoxy groups -OCH3 is 1. The molecule has 0 spiro atoms. The highest BCUT2D eigenvalue weighted by Gasteiger charge is 2.47. The van der Waals surface area contributed by atoms with E-state index in [-0.39, 0.29) is 23.8 Å². The van der Waals surface area contributed by atoms with Crippen molar-refractivity contribution in [2.24, 2.45) is 11.8 Å². The molecule has 1 N–H and O–H groups in total. The molecule has 1 aromatic rings. The third-order valence-electron chi connectivity index (χ3n) is 6.83. The monoisotopic (exact) mass is 457 g/mol. The molecule has 6 nitrogen and oxygen atoms in total. The van der Waals surface area contributed by atoms with E-state index < -0.39 is 17.8 Å². The molecule has 1 aliphatic heterocycles. The summed E-state index contributed by atoms with van der Waals surface area (Å²) in [5.41, 5.74) is 2.49. The van der Waals surface area contributed by atoms with Gasteiger partial charge in [-0.15, -0.1) is 11.3 Å². The molecule has 7 heteroatoms. The van der Waals surface area contributed by atoms with Crippen molar-refractivity contribution in [1.29, 1.82) is 0 Å². The molecular formula is C25H31NO5S. The number of hydrogen-bond donors (Lipinski definition) is 1. The van der Waals surface area contributed by atoms with Crippen LogP contribution in [0.1, 0.15) is 68.0 Å². The van der Waals surface area contributed by atoms with E-state index in [1.807, 2.05) is 32.9 Å². The Morgan fingerprint density at radius 3 is 2.47 bits per heavy atom. The second-order valence-electron chi connectivity index (χ2n) is 9.15. The number of thiophene rings is 1. The number of nitrogens with one attached hydrogen (secondary N) is 1. The summed E-state index contributed by atoms with van der Waals surface area (Å²) in [5, 5.41) is 3.32. The third-order valence-corrected chi connectivity index (χ3v) is 7.90. The first-order valence-corrected chi connectivity index (χ1v) is 12.2. The average Bonchev–Trinajstić information content (AvgIpc) is 3.19. The van der Waals surface area contributed by atoms with E-state index in [2.05, 4.69) is 5.32 Å². The van der Waals surface area contributed by atoms with Crippen LogP contribution in [0.3, 0.4) is 0 Å². The maximum atomic E-state index is 13.7.